The molecular formula is C9H12BrNS. The molecule has 0 saturated heterocycles. The molecule has 0 N–H and O–H groups in total. The van der Waals surface area contributed by atoms with Gasteiger partial charge in [0.25, 0.3) is 0 Å². The Bertz CT molecular complexity index is 278. The van der Waals surface area contributed by atoms with E-state index in [0.29, 0.717) is 0 Å². The third-order valence-corrected chi connectivity index (χ3v) is 2.81. The second-order valence-electron chi connectivity index (χ2n) is 2.62. The van der Waals surface area contributed by atoms with Crippen molar-refractivity contribution in [3.05, 3.63) is 22.2 Å². The van der Waals surface area contributed by atoms with E-state index in [1.807, 2.05) is 6.92 Å². The van der Waals surface area contributed by atoms with E-state index in [4.69, 9.17) is 0 Å². The van der Waals surface area contributed by atoms with E-state index in [1.165, 1.54) is 5.57 Å². The highest BCUT2D eigenvalue weighted by Gasteiger charge is 1.98. The Morgan fingerprint density at radius 1 is 1.75 bits per heavy atom. The van der Waals surface area contributed by atoms with Crippen molar-refractivity contribution in [3.8, 4) is 0 Å². The summed E-state index contributed by atoms with van der Waals surface area (Å²) in [5, 5.41) is 4.26. The van der Waals surface area contributed by atoms with Gasteiger partial charge >= 0.3 is 0 Å². The van der Waals surface area contributed by atoms with Gasteiger partial charge < -0.3 is 0 Å². The van der Waals surface area contributed by atoms with Crippen LogP contribution in [0.15, 0.2) is 11.5 Å². The fourth-order valence-corrected chi connectivity index (χ4v) is 1.82. The van der Waals surface area contributed by atoms with Crippen molar-refractivity contribution in [1.29, 1.82) is 0 Å². The number of alkyl halides is 1. The molecule has 0 spiro atoms. The van der Waals surface area contributed by atoms with E-state index in [0.717, 1.165) is 22.5 Å². The van der Waals surface area contributed by atoms with Crippen molar-refractivity contribution < 1.29 is 0 Å². The van der Waals surface area contributed by atoms with Gasteiger partial charge in [-0.05, 0) is 25.8 Å². The maximum atomic E-state index is 4.40. The summed E-state index contributed by atoms with van der Waals surface area (Å²) in [6.07, 6.45) is 3.28. The van der Waals surface area contributed by atoms with Crippen molar-refractivity contribution in [2.24, 2.45) is 0 Å². The Labute approximate surface area is 85.7 Å². The summed E-state index contributed by atoms with van der Waals surface area (Å²) in [7, 11) is 0. The molecule has 0 aliphatic carbocycles. The fourth-order valence-electron chi connectivity index (χ4n) is 0.920. The van der Waals surface area contributed by atoms with Crippen molar-refractivity contribution in [1.82, 2.24) is 4.98 Å². The summed E-state index contributed by atoms with van der Waals surface area (Å²) in [5.41, 5.74) is 2.40. The average Bonchev–Trinajstić information content (AvgIpc) is 2.47. The molecule has 0 fully saturated rings. The van der Waals surface area contributed by atoms with Crippen LogP contribution in [-0.2, 0) is 0 Å². The van der Waals surface area contributed by atoms with Crippen LogP contribution in [0.1, 0.15) is 24.0 Å². The zero-order valence-corrected chi connectivity index (χ0v) is 9.70. The minimum absolute atomic E-state index is 1.02. The molecule has 1 aromatic heterocycles. The quantitative estimate of drug-likeness (QED) is 0.742. The Kier molecular flexibility index (Phi) is 3.95. The van der Waals surface area contributed by atoms with Gasteiger partial charge in [-0.2, -0.15) is 0 Å². The van der Waals surface area contributed by atoms with Crippen LogP contribution < -0.4 is 0 Å². The first-order valence-electron chi connectivity index (χ1n) is 3.89. The lowest BCUT2D eigenvalue weighted by atomic mass is 10.2. The predicted molar refractivity (Wildman–Crippen MR) is 58.9 cm³/mol. The maximum absolute atomic E-state index is 4.40. The standard InChI is InChI=1S/C9H12BrNS/c1-7(4-3-5-10)9-6-12-8(2)11-9/h4,6H,3,5H2,1-2H3/b7-4+. The molecule has 1 aromatic rings. The molecule has 12 heavy (non-hydrogen) atoms. The number of rotatable bonds is 3. The smallest absolute Gasteiger partial charge is 0.0901 e. The first-order chi connectivity index (χ1) is 5.74. The minimum atomic E-state index is 1.02. The maximum Gasteiger partial charge on any atom is 0.0901 e. The molecular weight excluding hydrogens is 234 g/mol. The Balaban J connectivity index is 2.70. The van der Waals surface area contributed by atoms with Crippen molar-refractivity contribution in [3.63, 3.8) is 0 Å². The number of nitrogens with zero attached hydrogens (tertiary/aromatic N) is 1. The number of allylic oxidation sites excluding steroid dienone is 2. The van der Waals surface area contributed by atoms with E-state index in [-0.39, 0.29) is 0 Å². The number of aryl methyl sites for hydroxylation is 1. The summed E-state index contributed by atoms with van der Waals surface area (Å²) in [6.45, 7) is 4.14. The summed E-state index contributed by atoms with van der Waals surface area (Å²) in [5.74, 6) is 0. The summed E-state index contributed by atoms with van der Waals surface area (Å²) < 4.78 is 0. The van der Waals surface area contributed by atoms with E-state index in [9.17, 15) is 0 Å². The van der Waals surface area contributed by atoms with E-state index < -0.39 is 0 Å². The third kappa shape index (κ3) is 2.72. The molecule has 1 nitrogen and oxygen atoms in total. The zero-order chi connectivity index (χ0) is 8.97. The molecule has 66 valence electrons. The molecule has 0 aromatic carbocycles. The summed E-state index contributed by atoms with van der Waals surface area (Å²) >= 11 is 5.10. The molecule has 0 aliphatic rings. The fraction of sp³-hybridized carbons (Fsp3) is 0.444. The second kappa shape index (κ2) is 4.77. The molecule has 1 rings (SSSR count). The number of hydrogen-bond donors (Lipinski definition) is 0. The van der Waals surface area contributed by atoms with Crippen LogP contribution in [0.2, 0.25) is 0 Å². The number of thiazole rings is 1. The second-order valence-corrected chi connectivity index (χ2v) is 4.47. The Morgan fingerprint density at radius 2 is 2.50 bits per heavy atom. The number of hydrogen-bond acceptors (Lipinski definition) is 2. The average molecular weight is 246 g/mol. The lowest BCUT2D eigenvalue weighted by Crippen LogP contribution is -1.80. The third-order valence-electron chi connectivity index (χ3n) is 1.58. The summed E-state index contributed by atoms with van der Waals surface area (Å²) in [4.78, 5) is 4.40. The van der Waals surface area contributed by atoms with Crippen LogP contribution in [0, 0.1) is 6.92 Å². The SMILES string of the molecule is C/C(=C\CCBr)c1csc(C)n1. The molecule has 1 heterocycles. The number of aromatic nitrogens is 1. The Hall–Kier alpha value is -0.150. The lowest BCUT2D eigenvalue weighted by Gasteiger charge is -1.93. The topological polar surface area (TPSA) is 12.9 Å². The van der Waals surface area contributed by atoms with Gasteiger partial charge in [0.1, 0.15) is 0 Å². The van der Waals surface area contributed by atoms with Crippen LogP contribution in [-0.4, -0.2) is 10.3 Å². The number of halogens is 1. The molecule has 3 heteroatoms. The molecule has 0 atom stereocenters. The normalized spacial score (nSPS) is 12.1. The van der Waals surface area contributed by atoms with E-state index in [2.05, 4.69) is 39.3 Å². The highest BCUT2D eigenvalue weighted by atomic mass is 79.9. The summed E-state index contributed by atoms with van der Waals surface area (Å²) in [6, 6.07) is 0. The van der Waals surface area contributed by atoms with Crippen molar-refractivity contribution in [2.45, 2.75) is 20.3 Å². The molecule has 0 bridgehead atoms. The highest BCUT2D eigenvalue weighted by Crippen LogP contribution is 2.17. The van der Waals surface area contributed by atoms with E-state index >= 15 is 0 Å². The van der Waals surface area contributed by atoms with Gasteiger partial charge in [0.2, 0.25) is 0 Å². The van der Waals surface area contributed by atoms with Gasteiger partial charge in [-0.25, -0.2) is 4.98 Å². The van der Waals surface area contributed by atoms with Gasteiger partial charge in [0, 0.05) is 10.7 Å². The van der Waals surface area contributed by atoms with E-state index in [1.54, 1.807) is 11.3 Å². The van der Waals surface area contributed by atoms with Crippen molar-refractivity contribution >= 4 is 32.8 Å². The highest BCUT2D eigenvalue weighted by molar-refractivity contribution is 9.09. The van der Waals surface area contributed by atoms with Crippen LogP contribution >= 0.6 is 27.3 Å². The molecule has 0 unspecified atom stereocenters. The van der Waals surface area contributed by atoms with Gasteiger partial charge in [-0.1, -0.05) is 22.0 Å². The van der Waals surface area contributed by atoms with Crippen LogP contribution in [0.5, 0.6) is 0 Å². The van der Waals surface area contributed by atoms with Crippen LogP contribution in [0.25, 0.3) is 5.57 Å². The lowest BCUT2D eigenvalue weighted by molar-refractivity contribution is 1.22. The minimum Gasteiger partial charge on any atom is -0.242 e. The first kappa shape index (κ1) is 9.93. The monoisotopic (exact) mass is 245 g/mol. The zero-order valence-electron chi connectivity index (χ0n) is 7.30. The van der Waals surface area contributed by atoms with Crippen molar-refractivity contribution in [2.75, 3.05) is 5.33 Å². The van der Waals surface area contributed by atoms with Gasteiger partial charge in [-0.3, -0.25) is 0 Å². The van der Waals surface area contributed by atoms with Gasteiger partial charge in [-0.15, -0.1) is 11.3 Å². The van der Waals surface area contributed by atoms with Crippen LogP contribution in [0.3, 0.4) is 0 Å². The molecule has 0 amide bonds. The predicted octanol–water partition coefficient (Wildman–Crippen LogP) is 3.64. The first-order valence-corrected chi connectivity index (χ1v) is 5.89. The molecule has 0 aliphatic heterocycles. The van der Waals surface area contributed by atoms with Crippen LogP contribution in [0.4, 0.5) is 0 Å². The molecule has 0 radical (unpaired) electrons. The van der Waals surface area contributed by atoms with Gasteiger partial charge in [0.15, 0.2) is 0 Å². The van der Waals surface area contributed by atoms with Gasteiger partial charge in [0.05, 0.1) is 10.7 Å². The largest absolute Gasteiger partial charge is 0.242 e. The molecule has 0 saturated carbocycles. The Morgan fingerprint density at radius 3 is 3.00 bits per heavy atom.